The van der Waals surface area contributed by atoms with Gasteiger partial charge in [0.2, 0.25) is 5.91 Å². The molecule has 0 aliphatic carbocycles. The standard InChI is InChI=1S/C17H25F2N3O/c1-3-22(4-2)11-17(23)21-16-10-20-8-7-13(16)12-5-6-14(18)15(19)9-12/h5-6,9,13,16,20H,3-4,7-8,10-11H2,1-2H3,(H,21,23). The van der Waals surface area contributed by atoms with Gasteiger partial charge in [0.25, 0.3) is 0 Å². The predicted molar refractivity (Wildman–Crippen MR) is 86.3 cm³/mol. The molecule has 4 nitrogen and oxygen atoms in total. The fourth-order valence-electron chi connectivity index (χ4n) is 3.05. The Labute approximate surface area is 136 Å². The normalized spacial score (nSPS) is 21.4. The van der Waals surface area contributed by atoms with Gasteiger partial charge in [-0.05, 0) is 43.8 Å². The zero-order valence-corrected chi connectivity index (χ0v) is 13.7. The van der Waals surface area contributed by atoms with Gasteiger partial charge in [0.1, 0.15) is 0 Å². The van der Waals surface area contributed by atoms with E-state index in [1.165, 1.54) is 6.07 Å². The molecule has 1 amide bonds. The van der Waals surface area contributed by atoms with Crippen LogP contribution >= 0.6 is 0 Å². The van der Waals surface area contributed by atoms with E-state index in [9.17, 15) is 13.6 Å². The van der Waals surface area contributed by atoms with E-state index in [1.807, 2.05) is 18.7 Å². The lowest BCUT2D eigenvalue weighted by atomic mass is 9.86. The van der Waals surface area contributed by atoms with Crippen molar-refractivity contribution in [3.63, 3.8) is 0 Å². The van der Waals surface area contributed by atoms with Crippen molar-refractivity contribution in [2.45, 2.75) is 32.2 Å². The minimum atomic E-state index is -0.843. The van der Waals surface area contributed by atoms with E-state index >= 15 is 0 Å². The summed E-state index contributed by atoms with van der Waals surface area (Å²) in [7, 11) is 0. The average Bonchev–Trinajstić information content (AvgIpc) is 2.55. The second kappa shape index (κ2) is 8.36. The maximum absolute atomic E-state index is 13.5. The fraction of sp³-hybridized carbons (Fsp3) is 0.588. The first-order valence-electron chi connectivity index (χ1n) is 8.22. The maximum Gasteiger partial charge on any atom is 0.234 e. The summed E-state index contributed by atoms with van der Waals surface area (Å²) in [5, 5.41) is 6.29. The molecule has 2 rings (SSSR count). The Morgan fingerprint density at radius 1 is 1.30 bits per heavy atom. The van der Waals surface area contributed by atoms with Crippen LogP contribution in [0.2, 0.25) is 0 Å². The van der Waals surface area contributed by atoms with Gasteiger partial charge in [-0.25, -0.2) is 8.78 Å². The van der Waals surface area contributed by atoms with Crippen molar-refractivity contribution in [1.29, 1.82) is 0 Å². The molecular formula is C17H25F2N3O. The maximum atomic E-state index is 13.5. The third kappa shape index (κ3) is 4.72. The lowest BCUT2D eigenvalue weighted by molar-refractivity contribution is -0.123. The molecule has 6 heteroatoms. The highest BCUT2D eigenvalue weighted by atomic mass is 19.2. The number of carbonyl (C=O) groups is 1. The molecule has 0 aromatic heterocycles. The highest BCUT2D eigenvalue weighted by Crippen LogP contribution is 2.27. The molecule has 128 valence electrons. The van der Waals surface area contributed by atoms with Crippen LogP contribution in [0.1, 0.15) is 31.7 Å². The largest absolute Gasteiger partial charge is 0.350 e. The monoisotopic (exact) mass is 325 g/mol. The number of likely N-dealkylation sites (N-methyl/N-ethyl adjacent to an activating group) is 1. The number of carbonyl (C=O) groups excluding carboxylic acids is 1. The molecule has 0 spiro atoms. The van der Waals surface area contributed by atoms with Gasteiger partial charge >= 0.3 is 0 Å². The zero-order chi connectivity index (χ0) is 16.8. The van der Waals surface area contributed by atoms with E-state index in [2.05, 4.69) is 10.6 Å². The first kappa shape index (κ1) is 17.8. The van der Waals surface area contributed by atoms with Crippen molar-refractivity contribution in [3.05, 3.63) is 35.4 Å². The number of amides is 1. The average molecular weight is 325 g/mol. The third-order valence-corrected chi connectivity index (χ3v) is 4.46. The Morgan fingerprint density at radius 2 is 2.04 bits per heavy atom. The third-order valence-electron chi connectivity index (χ3n) is 4.46. The molecule has 0 radical (unpaired) electrons. The topological polar surface area (TPSA) is 44.4 Å². The van der Waals surface area contributed by atoms with Crippen LogP contribution in [0.5, 0.6) is 0 Å². The first-order chi connectivity index (χ1) is 11.0. The zero-order valence-electron chi connectivity index (χ0n) is 13.7. The van der Waals surface area contributed by atoms with Gasteiger partial charge in [-0.1, -0.05) is 19.9 Å². The van der Waals surface area contributed by atoms with Crippen molar-refractivity contribution in [2.75, 3.05) is 32.7 Å². The van der Waals surface area contributed by atoms with Crippen molar-refractivity contribution in [1.82, 2.24) is 15.5 Å². The Balaban J connectivity index is 2.06. The molecular weight excluding hydrogens is 300 g/mol. The lowest BCUT2D eigenvalue weighted by Gasteiger charge is -2.33. The number of nitrogens with zero attached hydrogens (tertiary/aromatic N) is 1. The van der Waals surface area contributed by atoms with Crippen molar-refractivity contribution >= 4 is 5.91 Å². The molecule has 0 bridgehead atoms. The van der Waals surface area contributed by atoms with Gasteiger partial charge in [0.05, 0.1) is 6.54 Å². The van der Waals surface area contributed by atoms with Crippen LogP contribution in [0.25, 0.3) is 0 Å². The van der Waals surface area contributed by atoms with E-state index in [1.54, 1.807) is 6.07 Å². The van der Waals surface area contributed by atoms with Crippen LogP contribution in [0.3, 0.4) is 0 Å². The quantitative estimate of drug-likeness (QED) is 0.839. The van der Waals surface area contributed by atoms with E-state index in [0.29, 0.717) is 13.1 Å². The van der Waals surface area contributed by atoms with E-state index in [-0.39, 0.29) is 17.9 Å². The van der Waals surface area contributed by atoms with Crippen molar-refractivity contribution in [3.8, 4) is 0 Å². The molecule has 1 aliphatic rings. The number of hydrogen-bond acceptors (Lipinski definition) is 3. The van der Waals surface area contributed by atoms with Crippen molar-refractivity contribution < 1.29 is 13.6 Å². The summed E-state index contributed by atoms with van der Waals surface area (Å²) in [6, 6.07) is 3.89. The summed E-state index contributed by atoms with van der Waals surface area (Å²) >= 11 is 0. The van der Waals surface area contributed by atoms with E-state index < -0.39 is 11.6 Å². The van der Waals surface area contributed by atoms with Gasteiger partial charge in [-0.2, -0.15) is 0 Å². The number of rotatable bonds is 6. The first-order valence-corrected chi connectivity index (χ1v) is 8.22. The Kier molecular flexibility index (Phi) is 6.47. The highest BCUT2D eigenvalue weighted by molar-refractivity contribution is 5.78. The molecule has 2 unspecified atom stereocenters. The van der Waals surface area contributed by atoms with Gasteiger partial charge < -0.3 is 10.6 Å². The summed E-state index contributed by atoms with van der Waals surface area (Å²) < 4.78 is 26.6. The molecule has 1 saturated heterocycles. The second-order valence-corrected chi connectivity index (χ2v) is 5.91. The minimum Gasteiger partial charge on any atom is -0.350 e. The smallest absolute Gasteiger partial charge is 0.234 e. The second-order valence-electron chi connectivity index (χ2n) is 5.91. The predicted octanol–water partition coefficient (Wildman–Crippen LogP) is 1.87. The Bertz CT molecular complexity index is 535. The highest BCUT2D eigenvalue weighted by Gasteiger charge is 2.28. The molecule has 1 aromatic rings. The molecule has 2 N–H and O–H groups in total. The van der Waals surface area contributed by atoms with Crippen LogP contribution in [0.4, 0.5) is 8.78 Å². The van der Waals surface area contributed by atoms with Crippen LogP contribution in [-0.2, 0) is 4.79 Å². The minimum absolute atomic E-state index is 0.00740. The van der Waals surface area contributed by atoms with Crippen LogP contribution in [0.15, 0.2) is 18.2 Å². The number of halogens is 2. The molecule has 1 fully saturated rings. The molecule has 0 saturated carbocycles. The van der Waals surface area contributed by atoms with Crippen LogP contribution < -0.4 is 10.6 Å². The van der Waals surface area contributed by atoms with E-state index in [4.69, 9.17) is 0 Å². The van der Waals surface area contributed by atoms with Gasteiger partial charge in [0.15, 0.2) is 11.6 Å². The molecule has 23 heavy (non-hydrogen) atoms. The summed E-state index contributed by atoms with van der Waals surface area (Å²) in [4.78, 5) is 14.3. The summed E-state index contributed by atoms with van der Waals surface area (Å²) in [6.45, 7) is 7.46. The SMILES string of the molecule is CCN(CC)CC(=O)NC1CNCCC1c1ccc(F)c(F)c1. The van der Waals surface area contributed by atoms with E-state index in [0.717, 1.165) is 37.7 Å². The van der Waals surface area contributed by atoms with Crippen LogP contribution in [0, 0.1) is 11.6 Å². The van der Waals surface area contributed by atoms with Crippen molar-refractivity contribution in [2.24, 2.45) is 0 Å². The summed E-state index contributed by atoms with van der Waals surface area (Å²) in [6.07, 6.45) is 0.779. The van der Waals surface area contributed by atoms with Crippen LogP contribution in [-0.4, -0.2) is 49.6 Å². The van der Waals surface area contributed by atoms with Gasteiger partial charge in [0, 0.05) is 18.5 Å². The Hall–Kier alpha value is -1.53. The fourth-order valence-corrected chi connectivity index (χ4v) is 3.05. The summed E-state index contributed by atoms with van der Waals surface area (Å²) in [5.41, 5.74) is 0.735. The number of nitrogens with one attached hydrogen (secondary N) is 2. The molecule has 1 aromatic carbocycles. The number of piperidine rings is 1. The molecule has 1 aliphatic heterocycles. The molecule has 2 atom stereocenters. The summed E-state index contributed by atoms with van der Waals surface area (Å²) in [5.74, 6) is -1.72. The number of benzene rings is 1. The Morgan fingerprint density at radius 3 is 2.70 bits per heavy atom. The van der Waals surface area contributed by atoms with Gasteiger partial charge in [-0.3, -0.25) is 9.69 Å². The molecule has 1 heterocycles. The number of hydrogen-bond donors (Lipinski definition) is 2. The van der Waals surface area contributed by atoms with Gasteiger partial charge in [-0.15, -0.1) is 0 Å². The lowest BCUT2D eigenvalue weighted by Crippen LogP contribution is -2.52.